The first-order valence-corrected chi connectivity index (χ1v) is 8.24. The lowest BCUT2D eigenvalue weighted by molar-refractivity contribution is -0.121. The summed E-state index contributed by atoms with van der Waals surface area (Å²) in [5, 5.41) is 2.98. The standard InChI is InChI=1S/C16H16ClNO3S/c1-10(14-4-5-15(17)22-14)18-16(19)9-11-2-3-12-13(8-11)21-7-6-20-12/h2-5,8,10H,6-7,9H2,1H3,(H,18,19)/t10-/m0/s1. The van der Waals surface area contributed by atoms with Crippen molar-refractivity contribution in [3.63, 3.8) is 0 Å². The summed E-state index contributed by atoms with van der Waals surface area (Å²) in [4.78, 5) is 13.2. The Morgan fingerprint density at radius 3 is 2.77 bits per heavy atom. The average molecular weight is 338 g/mol. The number of hydrogen-bond acceptors (Lipinski definition) is 4. The molecule has 6 heteroatoms. The highest BCUT2D eigenvalue weighted by molar-refractivity contribution is 7.16. The van der Waals surface area contributed by atoms with E-state index in [1.165, 1.54) is 11.3 Å². The Morgan fingerprint density at radius 1 is 1.27 bits per heavy atom. The molecule has 0 saturated heterocycles. The van der Waals surface area contributed by atoms with Crippen molar-refractivity contribution < 1.29 is 14.3 Å². The van der Waals surface area contributed by atoms with Gasteiger partial charge in [-0.2, -0.15) is 0 Å². The zero-order valence-electron chi connectivity index (χ0n) is 12.1. The summed E-state index contributed by atoms with van der Waals surface area (Å²) in [5.41, 5.74) is 0.901. The Hall–Kier alpha value is -1.72. The Labute approximate surface area is 138 Å². The lowest BCUT2D eigenvalue weighted by Gasteiger charge is -2.19. The van der Waals surface area contributed by atoms with Gasteiger partial charge in [-0.05, 0) is 36.8 Å². The lowest BCUT2D eigenvalue weighted by Crippen LogP contribution is -2.27. The molecule has 4 nitrogen and oxygen atoms in total. The smallest absolute Gasteiger partial charge is 0.224 e. The molecule has 0 radical (unpaired) electrons. The molecule has 3 rings (SSSR count). The van der Waals surface area contributed by atoms with E-state index < -0.39 is 0 Å². The number of halogens is 1. The summed E-state index contributed by atoms with van der Waals surface area (Å²) in [6.45, 7) is 3.05. The van der Waals surface area contributed by atoms with Crippen LogP contribution in [0.4, 0.5) is 0 Å². The van der Waals surface area contributed by atoms with Crippen LogP contribution in [0.2, 0.25) is 4.34 Å². The zero-order chi connectivity index (χ0) is 15.5. The Bertz CT molecular complexity index is 686. The summed E-state index contributed by atoms with van der Waals surface area (Å²) in [6.07, 6.45) is 0.306. The van der Waals surface area contributed by atoms with Gasteiger partial charge in [-0.3, -0.25) is 4.79 Å². The van der Waals surface area contributed by atoms with Crippen molar-refractivity contribution in [3.05, 3.63) is 45.1 Å². The summed E-state index contributed by atoms with van der Waals surface area (Å²) in [7, 11) is 0. The van der Waals surface area contributed by atoms with Crippen molar-refractivity contribution in [1.82, 2.24) is 5.32 Å². The van der Waals surface area contributed by atoms with Gasteiger partial charge in [0.2, 0.25) is 5.91 Å². The van der Waals surface area contributed by atoms with Crippen LogP contribution < -0.4 is 14.8 Å². The molecule has 116 valence electrons. The summed E-state index contributed by atoms with van der Waals surface area (Å²) in [5.74, 6) is 1.40. The number of carbonyl (C=O) groups is 1. The van der Waals surface area contributed by atoms with Gasteiger partial charge in [-0.15, -0.1) is 11.3 Å². The minimum atomic E-state index is -0.0535. The second kappa shape index (κ2) is 6.58. The molecule has 0 fully saturated rings. The van der Waals surface area contributed by atoms with E-state index in [0.29, 0.717) is 25.4 Å². The van der Waals surface area contributed by atoms with E-state index in [2.05, 4.69) is 5.32 Å². The second-order valence-corrected chi connectivity index (χ2v) is 6.83. The first-order valence-electron chi connectivity index (χ1n) is 7.05. The average Bonchev–Trinajstić information content (AvgIpc) is 2.94. The Balaban J connectivity index is 1.62. The molecule has 1 aromatic carbocycles. The van der Waals surface area contributed by atoms with Crippen molar-refractivity contribution in [2.24, 2.45) is 0 Å². The van der Waals surface area contributed by atoms with Crippen molar-refractivity contribution in [2.45, 2.75) is 19.4 Å². The summed E-state index contributed by atoms with van der Waals surface area (Å²) >= 11 is 7.40. The van der Waals surface area contributed by atoms with Gasteiger partial charge in [0.05, 0.1) is 16.8 Å². The van der Waals surface area contributed by atoms with Gasteiger partial charge in [-0.25, -0.2) is 0 Å². The Kier molecular flexibility index (Phi) is 4.55. The van der Waals surface area contributed by atoms with E-state index in [1.54, 1.807) is 0 Å². The lowest BCUT2D eigenvalue weighted by atomic mass is 10.1. The predicted molar refractivity (Wildman–Crippen MR) is 87.0 cm³/mol. The minimum absolute atomic E-state index is 0.0336. The third-order valence-corrected chi connectivity index (χ3v) is 4.78. The number of carbonyl (C=O) groups excluding carboxylic acids is 1. The highest BCUT2D eigenvalue weighted by Crippen LogP contribution is 2.31. The van der Waals surface area contributed by atoms with Gasteiger partial charge in [0, 0.05) is 4.88 Å². The van der Waals surface area contributed by atoms with Gasteiger partial charge in [0.15, 0.2) is 11.5 Å². The SMILES string of the molecule is C[C@H](NC(=O)Cc1ccc2c(c1)OCCO2)c1ccc(Cl)s1. The van der Waals surface area contributed by atoms with Crippen molar-refractivity contribution >= 4 is 28.8 Å². The zero-order valence-corrected chi connectivity index (χ0v) is 13.7. The van der Waals surface area contributed by atoms with Crippen LogP contribution in [0.5, 0.6) is 11.5 Å². The molecule has 1 atom stereocenters. The van der Waals surface area contributed by atoms with Gasteiger partial charge in [0.25, 0.3) is 0 Å². The molecular weight excluding hydrogens is 322 g/mol. The molecule has 0 saturated carbocycles. The number of nitrogens with one attached hydrogen (secondary N) is 1. The van der Waals surface area contributed by atoms with Crippen LogP contribution >= 0.6 is 22.9 Å². The van der Waals surface area contributed by atoms with Gasteiger partial charge < -0.3 is 14.8 Å². The van der Waals surface area contributed by atoms with Crippen molar-refractivity contribution in [2.75, 3.05) is 13.2 Å². The topological polar surface area (TPSA) is 47.6 Å². The summed E-state index contributed by atoms with van der Waals surface area (Å²) < 4.78 is 11.7. The highest BCUT2D eigenvalue weighted by Gasteiger charge is 2.15. The molecule has 1 aromatic heterocycles. The maximum absolute atomic E-state index is 12.2. The molecule has 0 unspecified atom stereocenters. The molecule has 0 bridgehead atoms. The highest BCUT2D eigenvalue weighted by atomic mass is 35.5. The van der Waals surface area contributed by atoms with Crippen molar-refractivity contribution in [3.8, 4) is 11.5 Å². The van der Waals surface area contributed by atoms with Gasteiger partial charge in [0.1, 0.15) is 13.2 Å². The number of ether oxygens (including phenoxy) is 2. The Morgan fingerprint density at radius 2 is 2.05 bits per heavy atom. The quantitative estimate of drug-likeness (QED) is 0.927. The maximum atomic E-state index is 12.2. The molecule has 2 aromatic rings. The van der Waals surface area contributed by atoms with E-state index in [4.69, 9.17) is 21.1 Å². The molecule has 22 heavy (non-hydrogen) atoms. The predicted octanol–water partition coefficient (Wildman–Crippen LogP) is 3.59. The molecule has 1 amide bonds. The van der Waals surface area contributed by atoms with Crippen LogP contribution in [0.1, 0.15) is 23.4 Å². The van der Waals surface area contributed by atoms with E-state index in [-0.39, 0.29) is 11.9 Å². The molecule has 0 spiro atoms. The summed E-state index contributed by atoms with van der Waals surface area (Å²) in [6, 6.07) is 9.31. The van der Waals surface area contributed by atoms with Gasteiger partial charge >= 0.3 is 0 Å². The van der Waals surface area contributed by atoms with E-state index >= 15 is 0 Å². The van der Waals surface area contributed by atoms with Gasteiger partial charge in [-0.1, -0.05) is 17.7 Å². The van der Waals surface area contributed by atoms with E-state index in [1.807, 2.05) is 37.3 Å². The first-order chi connectivity index (χ1) is 10.6. The van der Waals surface area contributed by atoms with Crippen LogP contribution in [0, 0.1) is 0 Å². The first kappa shape index (κ1) is 15.2. The maximum Gasteiger partial charge on any atom is 0.224 e. The monoisotopic (exact) mass is 337 g/mol. The second-order valence-electron chi connectivity index (χ2n) is 5.09. The number of amides is 1. The fraction of sp³-hybridized carbons (Fsp3) is 0.312. The number of fused-ring (bicyclic) bond motifs is 1. The minimum Gasteiger partial charge on any atom is -0.486 e. The number of thiophene rings is 1. The number of benzene rings is 1. The third-order valence-electron chi connectivity index (χ3n) is 3.37. The molecule has 2 heterocycles. The molecule has 0 aliphatic carbocycles. The third kappa shape index (κ3) is 3.54. The van der Waals surface area contributed by atoms with Crippen LogP contribution in [-0.4, -0.2) is 19.1 Å². The van der Waals surface area contributed by atoms with E-state index in [0.717, 1.165) is 20.5 Å². The van der Waals surface area contributed by atoms with E-state index in [9.17, 15) is 4.79 Å². The van der Waals surface area contributed by atoms with Crippen molar-refractivity contribution in [1.29, 1.82) is 0 Å². The number of hydrogen-bond donors (Lipinski definition) is 1. The molecule has 1 aliphatic heterocycles. The van der Waals surface area contributed by atoms with Crippen LogP contribution in [0.3, 0.4) is 0 Å². The fourth-order valence-corrected chi connectivity index (χ4v) is 3.37. The fourth-order valence-electron chi connectivity index (χ4n) is 2.31. The normalized spacial score (nSPS) is 14.5. The van der Waals surface area contributed by atoms with Crippen LogP contribution in [0.25, 0.3) is 0 Å². The largest absolute Gasteiger partial charge is 0.486 e. The van der Waals surface area contributed by atoms with Crippen LogP contribution in [-0.2, 0) is 11.2 Å². The molecular formula is C16H16ClNO3S. The van der Waals surface area contributed by atoms with Crippen LogP contribution in [0.15, 0.2) is 30.3 Å². The number of rotatable bonds is 4. The molecule has 1 N–H and O–H groups in total. The molecule has 1 aliphatic rings.